The number of hydrogen-bond acceptors (Lipinski definition) is 2. The van der Waals surface area contributed by atoms with Gasteiger partial charge in [-0.3, -0.25) is 4.79 Å². The number of carbonyl (C=O) groups excluding carboxylic acids is 1. The van der Waals surface area contributed by atoms with E-state index in [4.69, 9.17) is 0 Å². The van der Waals surface area contributed by atoms with E-state index < -0.39 is 18.6 Å². The largest absolute Gasteiger partial charge is 0.406 e. The third-order valence-electron chi connectivity index (χ3n) is 2.77. The number of amides is 1. The first kappa shape index (κ1) is 13.3. The molecule has 1 N–H and O–H groups in total. The van der Waals surface area contributed by atoms with Crippen LogP contribution in [0, 0.1) is 5.92 Å². The summed E-state index contributed by atoms with van der Waals surface area (Å²) in [6.45, 7) is 1.46. The molecule has 6 heteroatoms. The standard InChI is InChI=1S/C10H17F3N2O/c1-7-5-8(3-4-14-7)9(16)15(2)6-10(11,12)13/h7-8,14H,3-6H2,1-2H3/t7-,8-/m0/s1. The molecule has 0 radical (unpaired) electrons. The molecule has 3 nitrogen and oxygen atoms in total. The third-order valence-corrected chi connectivity index (χ3v) is 2.77. The highest BCUT2D eigenvalue weighted by atomic mass is 19.4. The fourth-order valence-electron chi connectivity index (χ4n) is 2.01. The minimum absolute atomic E-state index is 0.196. The van der Waals surface area contributed by atoms with Crippen LogP contribution in [0.4, 0.5) is 13.2 Å². The average Bonchev–Trinajstić information content (AvgIpc) is 2.14. The van der Waals surface area contributed by atoms with Crippen molar-refractivity contribution in [1.29, 1.82) is 0 Å². The highest BCUT2D eigenvalue weighted by Crippen LogP contribution is 2.21. The van der Waals surface area contributed by atoms with Crippen molar-refractivity contribution < 1.29 is 18.0 Å². The van der Waals surface area contributed by atoms with Crippen LogP contribution < -0.4 is 5.32 Å². The molecule has 1 amide bonds. The number of halogens is 3. The Kier molecular flexibility index (Phi) is 4.18. The molecular weight excluding hydrogens is 221 g/mol. The number of carbonyl (C=O) groups is 1. The summed E-state index contributed by atoms with van der Waals surface area (Å²) in [5.74, 6) is -0.672. The Labute approximate surface area is 93.0 Å². The first-order valence-corrected chi connectivity index (χ1v) is 5.34. The number of alkyl halides is 3. The highest BCUT2D eigenvalue weighted by Gasteiger charge is 2.34. The normalized spacial score (nSPS) is 26.6. The molecule has 0 aliphatic carbocycles. The lowest BCUT2D eigenvalue weighted by molar-refractivity contribution is -0.161. The predicted octanol–water partition coefficient (Wildman–Crippen LogP) is 1.40. The minimum Gasteiger partial charge on any atom is -0.336 e. The first-order valence-electron chi connectivity index (χ1n) is 5.34. The number of piperidine rings is 1. The van der Waals surface area contributed by atoms with Gasteiger partial charge >= 0.3 is 6.18 Å². The molecule has 1 saturated heterocycles. The van der Waals surface area contributed by atoms with Crippen LogP contribution in [-0.2, 0) is 4.79 Å². The summed E-state index contributed by atoms with van der Waals surface area (Å²) in [7, 11) is 1.21. The first-order chi connectivity index (χ1) is 7.29. The van der Waals surface area contributed by atoms with Gasteiger partial charge in [-0.25, -0.2) is 0 Å². The molecule has 0 aromatic carbocycles. The van der Waals surface area contributed by atoms with Gasteiger partial charge in [0.25, 0.3) is 0 Å². The highest BCUT2D eigenvalue weighted by molar-refractivity contribution is 5.78. The number of nitrogens with zero attached hydrogens (tertiary/aromatic N) is 1. The van der Waals surface area contributed by atoms with Gasteiger partial charge in [0.2, 0.25) is 5.91 Å². The maximum atomic E-state index is 12.1. The fourth-order valence-corrected chi connectivity index (χ4v) is 2.01. The number of rotatable bonds is 2. The second kappa shape index (κ2) is 5.03. The second-order valence-electron chi connectivity index (χ2n) is 4.39. The van der Waals surface area contributed by atoms with Crippen molar-refractivity contribution in [3.05, 3.63) is 0 Å². The van der Waals surface area contributed by atoms with E-state index >= 15 is 0 Å². The molecule has 0 saturated carbocycles. The van der Waals surface area contributed by atoms with Crippen LogP contribution in [-0.4, -0.2) is 43.2 Å². The van der Waals surface area contributed by atoms with Crippen LogP contribution in [0.5, 0.6) is 0 Å². The van der Waals surface area contributed by atoms with Gasteiger partial charge in [0, 0.05) is 19.0 Å². The van der Waals surface area contributed by atoms with E-state index in [1.165, 1.54) is 7.05 Å². The maximum absolute atomic E-state index is 12.1. The maximum Gasteiger partial charge on any atom is 0.406 e. The zero-order valence-corrected chi connectivity index (χ0v) is 9.47. The van der Waals surface area contributed by atoms with Crippen molar-refractivity contribution in [2.24, 2.45) is 5.92 Å². The molecule has 1 fully saturated rings. The van der Waals surface area contributed by atoms with Gasteiger partial charge in [0.15, 0.2) is 0 Å². The van der Waals surface area contributed by atoms with E-state index in [0.717, 1.165) is 4.90 Å². The summed E-state index contributed by atoms with van der Waals surface area (Å²) in [4.78, 5) is 12.5. The molecule has 2 atom stereocenters. The monoisotopic (exact) mass is 238 g/mol. The summed E-state index contributed by atoms with van der Waals surface area (Å²) in [6.07, 6.45) is -3.09. The quantitative estimate of drug-likeness (QED) is 0.788. The molecule has 1 rings (SSSR count). The molecule has 1 heterocycles. The zero-order valence-electron chi connectivity index (χ0n) is 9.47. The van der Waals surface area contributed by atoms with Crippen LogP contribution in [0.2, 0.25) is 0 Å². The fraction of sp³-hybridized carbons (Fsp3) is 0.900. The van der Waals surface area contributed by atoms with Crippen molar-refractivity contribution in [2.75, 3.05) is 20.1 Å². The van der Waals surface area contributed by atoms with Gasteiger partial charge in [-0.1, -0.05) is 0 Å². The van der Waals surface area contributed by atoms with Crippen molar-refractivity contribution in [2.45, 2.75) is 32.0 Å². The van der Waals surface area contributed by atoms with Crippen LogP contribution in [0.15, 0.2) is 0 Å². The van der Waals surface area contributed by atoms with Gasteiger partial charge in [0.05, 0.1) is 0 Å². The summed E-state index contributed by atoms with van der Waals surface area (Å²) < 4.78 is 36.3. The Morgan fingerprint density at radius 3 is 2.62 bits per heavy atom. The van der Waals surface area contributed by atoms with Crippen LogP contribution in [0.3, 0.4) is 0 Å². The SMILES string of the molecule is C[C@H]1C[C@@H](C(=O)N(C)CC(F)(F)F)CCN1. The molecule has 0 unspecified atom stereocenters. The molecule has 0 bridgehead atoms. The summed E-state index contributed by atoms with van der Waals surface area (Å²) in [5.41, 5.74) is 0. The van der Waals surface area contributed by atoms with E-state index in [-0.39, 0.29) is 12.0 Å². The topological polar surface area (TPSA) is 32.3 Å². The number of hydrogen-bond donors (Lipinski definition) is 1. The smallest absolute Gasteiger partial charge is 0.336 e. The third kappa shape index (κ3) is 4.00. The van der Waals surface area contributed by atoms with Crippen molar-refractivity contribution in [3.8, 4) is 0 Å². The van der Waals surface area contributed by atoms with Gasteiger partial charge in [-0.15, -0.1) is 0 Å². The molecule has 0 spiro atoms. The van der Waals surface area contributed by atoms with Crippen LogP contribution in [0.1, 0.15) is 19.8 Å². The number of nitrogens with one attached hydrogen (secondary N) is 1. The van der Waals surface area contributed by atoms with Crippen LogP contribution >= 0.6 is 0 Å². The molecule has 0 aromatic heterocycles. The Bertz CT molecular complexity index is 255. The van der Waals surface area contributed by atoms with Gasteiger partial charge in [-0.05, 0) is 26.3 Å². The van der Waals surface area contributed by atoms with Crippen molar-refractivity contribution in [3.63, 3.8) is 0 Å². The Morgan fingerprint density at radius 2 is 2.12 bits per heavy atom. The Balaban J connectivity index is 2.49. The second-order valence-corrected chi connectivity index (χ2v) is 4.39. The molecule has 94 valence electrons. The average molecular weight is 238 g/mol. The molecule has 1 aliphatic heterocycles. The summed E-state index contributed by atoms with van der Waals surface area (Å²) in [6, 6.07) is 0.196. The van der Waals surface area contributed by atoms with Gasteiger partial charge in [0.1, 0.15) is 6.54 Å². The van der Waals surface area contributed by atoms with Crippen molar-refractivity contribution >= 4 is 5.91 Å². The summed E-state index contributed by atoms with van der Waals surface area (Å²) in [5, 5.41) is 3.16. The Hall–Kier alpha value is -0.780. The molecule has 1 aliphatic rings. The minimum atomic E-state index is -4.32. The van der Waals surface area contributed by atoms with Crippen LogP contribution in [0.25, 0.3) is 0 Å². The summed E-state index contributed by atoms with van der Waals surface area (Å²) >= 11 is 0. The molecule has 0 aromatic rings. The lowest BCUT2D eigenvalue weighted by Crippen LogP contribution is -2.45. The molecular formula is C10H17F3N2O. The Morgan fingerprint density at radius 1 is 1.50 bits per heavy atom. The van der Waals surface area contributed by atoms with E-state index in [9.17, 15) is 18.0 Å². The van der Waals surface area contributed by atoms with Gasteiger partial charge < -0.3 is 10.2 Å². The lowest BCUT2D eigenvalue weighted by atomic mass is 9.92. The lowest BCUT2D eigenvalue weighted by Gasteiger charge is -2.30. The van der Waals surface area contributed by atoms with E-state index in [2.05, 4.69) is 5.32 Å². The zero-order chi connectivity index (χ0) is 12.3. The van der Waals surface area contributed by atoms with E-state index in [0.29, 0.717) is 19.4 Å². The molecule has 16 heavy (non-hydrogen) atoms. The van der Waals surface area contributed by atoms with Crippen molar-refractivity contribution in [1.82, 2.24) is 10.2 Å². The predicted molar refractivity (Wildman–Crippen MR) is 53.9 cm³/mol. The van der Waals surface area contributed by atoms with E-state index in [1.54, 1.807) is 0 Å². The van der Waals surface area contributed by atoms with Gasteiger partial charge in [-0.2, -0.15) is 13.2 Å². The van der Waals surface area contributed by atoms with E-state index in [1.807, 2.05) is 6.92 Å².